The number of carbonyl (C=O) groups is 2. The fourth-order valence-electron chi connectivity index (χ4n) is 5.99. The number of fused-ring (bicyclic) bond motifs is 2. The summed E-state index contributed by atoms with van der Waals surface area (Å²) in [4.78, 5) is 29.4. The van der Waals surface area contributed by atoms with E-state index in [1.165, 1.54) is 25.7 Å². The molecule has 5 heteroatoms. The molecule has 24 heavy (non-hydrogen) atoms. The van der Waals surface area contributed by atoms with Gasteiger partial charge in [-0.3, -0.25) is 14.5 Å². The average molecular weight is 333 g/mol. The van der Waals surface area contributed by atoms with E-state index in [-0.39, 0.29) is 11.8 Å². The van der Waals surface area contributed by atoms with E-state index in [2.05, 4.69) is 9.80 Å². The molecule has 2 amide bonds. The van der Waals surface area contributed by atoms with Gasteiger partial charge in [-0.05, 0) is 43.9 Å². The van der Waals surface area contributed by atoms with Gasteiger partial charge < -0.3 is 10.6 Å². The van der Waals surface area contributed by atoms with E-state index in [4.69, 9.17) is 5.73 Å². The Balaban J connectivity index is 1.37. The molecule has 1 heterocycles. The van der Waals surface area contributed by atoms with Crippen molar-refractivity contribution >= 4 is 11.8 Å². The Labute approximate surface area is 144 Å². The van der Waals surface area contributed by atoms with Crippen LogP contribution in [0.2, 0.25) is 0 Å². The molecule has 2 bridgehead atoms. The van der Waals surface area contributed by atoms with Crippen LogP contribution >= 0.6 is 0 Å². The van der Waals surface area contributed by atoms with E-state index < -0.39 is 5.54 Å². The number of carbonyl (C=O) groups excluding carboxylic acids is 2. The molecule has 1 saturated heterocycles. The van der Waals surface area contributed by atoms with Gasteiger partial charge in [0.05, 0.1) is 0 Å². The van der Waals surface area contributed by atoms with Crippen molar-refractivity contribution in [2.45, 2.75) is 63.3 Å². The van der Waals surface area contributed by atoms with Crippen molar-refractivity contribution in [3.63, 3.8) is 0 Å². The average Bonchev–Trinajstić information content (AvgIpc) is 3.25. The molecule has 0 spiro atoms. The van der Waals surface area contributed by atoms with Crippen molar-refractivity contribution in [2.75, 3.05) is 26.2 Å². The lowest BCUT2D eigenvalue weighted by Gasteiger charge is -2.48. The predicted molar refractivity (Wildman–Crippen MR) is 92.1 cm³/mol. The highest BCUT2D eigenvalue weighted by molar-refractivity contribution is 5.85. The summed E-state index contributed by atoms with van der Waals surface area (Å²) in [7, 11) is 0. The van der Waals surface area contributed by atoms with Gasteiger partial charge in [0.15, 0.2) is 0 Å². The molecule has 3 saturated carbocycles. The first-order chi connectivity index (χ1) is 11.6. The van der Waals surface area contributed by atoms with Crippen LogP contribution in [0.3, 0.4) is 0 Å². The van der Waals surface area contributed by atoms with Crippen molar-refractivity contribution in [2.24, 2.45) is 23.5 Å². The number of nitrogens with zero attached hydrogens (tertiary/aromatic N) is 2. The third-order valence-corrected chi connectivity index (χ3v) is 7.39. The highest BCUT2D eigenvalue weighted by Gasteiger charge is 2.47. The van der Waals surface area contributed by atoms with E-state index in [0.29, 0.717) is 11.8 Å². The van der Waals surface area contributed by atoms with Gasteiger partial charge in [-0.2, -0.15) is 0 Å². The molecular weight excluding hydrogens is 302 g/mol. The minimum atomic E-state index is -0.445. The summed E-state index contributed by atoms with van der Waals surface area (Å²) in [5, 5.41) is 0. The van der Waals surface area contributed by atoms with Crippen LogP contribution < -0.4 is 5.73 Å². The number of amides is 2. The Bertz CT molecular complexity index is 507. The maximum absolute atomic E-state index is 12.9. The maximum Gasteiger partial charge on any atom is 0.237 e. The van der Waals surface area contributed by atoms with E-state index in [0.717, 1.165) is 64.2 Å². The van der Waals surface area contributed by atoms with Crippen LogP contribution in [-0.2, 0) is 9.59 Å². The van der Waals surface area contributed by atoms with Crippen LogP contribution in [0.5, 0.6) is 0 Å². The van der Waals surface area contributed by atoms with Gasteiger partial charge in [-0.25, -0.2) is 0 Å². The monoisotopic (exact) mass is 333 g/mol. The van der Waals surface area contributed by atoms with E-state index in [9.17, 15) is 9.59 Å². The van der Waals surface area contributed by atoms with E-state index in [1.807, 2.05) is 0 Å². The quantitative estimate of drug-likeness (QED) is 0.856. The molecule has 3 atom stereocenters. The van der Waals surface area contributed by atoms with Crippen molar-refractivity contribution in [3.8, 4) is 0 Å². The predicted octanol–water partition coefficient (Wildman–Crippen LogP) is 1.75. The molecule has 4 rings (SSSR count). The summed E-state index contributed by atoms with van der Waals surface area (Å²) in [6.45, 7) is 3.13. The number of hydrogen-bond acceptors (Lipinski definition) is 3. The molecule has 5 nitrogen and oxygen atoms in total. The Kier molecular flexibility index (Phi) is 4.31. The van der Waals surface area contributed by atoms with Crippen molar-refractivity contribution < 1.29 is 9.59 Å². The molecule has 0 aromatic rings. The SMILES string of the molecule is NC(=O)C1(N2CCN(C(=O)[C@H]3C[C@H]4CC[C@H]3C4)CC2)CCCCC1. The molecule has 2 N–H and O–H groups in total. The molecule has 0 aromatic heterocycles. The van der Waals surface area contributed by atoms with Gasteiger partial charge in [0, 0.05) is 32.1 Å². The Morgan fingerprint density at radius 3 is 2.17 bits per heavy atom. The topological polar surface area (TPSA) is 66.6 Å². The molecular formula is C19H31N3O2. The number of nitrogens with two attached hydrogens (primary N) is 1. The van der Waals surface area contributed by atoms with Gasteiger partial charge in [0.2, 0.25) is 11.8 Å². The molecule has 134 valence electrons. The van der Waals surface area contributed by atoms with Gasteiger partial charge in [-0.15, -0.1) is 0 Å². The zero-order chi connectivity index (χ0) is 16.7. The summed E-state index contributed by atoms with van der Waals surface area (Å²) in [6, 6.07) is 0. The first-order valence-electron chi connectivity index (χ1n) is 9.94. The van der Waals surface area contributed by atoms with Crippen molar-refractivity contribution in [1.29, 1.82) is 0 Å². The van der Waals surface area contributed by atoms with Crippen LogP contribution in [0, 0.1) is 17.8 Å². The van der Waals surface area contributed by atoms with Crippen molar-refractivity contribution in [1.82, 2.24) is 9.80 Å². The van der Waals surface area contributed by atoms with E-state index >= 15 is 0 Å². The zero-order valence-corrected chi connectivity index (χ0v) is 14.7. The molecule has 4 fully saturated rings. The highest BCUT2D eigenvalue weighted by atomic mass is 16.2. The summed E-state index contributed by atoms with van der Waals surface area (Å²) in [6.07, 6.45) is 10.2. The second-order valence-electron chi connectivity index (χ2n) is 8.55. The Morgan fingerprint density at radius 1 is 0.917 bits per heavy atom. The zero-order valence-electron chi connectivity index (χ0n) is 14.7. The number of rotatable bonds is 3. The lowest BCUT2D eigenvalue weighted by Crippen LogP contribution is -2.64. The lowest BCUT2D eigenvalue weighted by atomic mass is 9.79. The molecule has 0 aromatic carbocycles. The number of piperazine rings is 1. The number of primary amides is 1. The molecule has 0 unspecified atom stereocenters. The van der Waals surface area contributed by atoms with Crippen LogP contribution in [0.25, 0.3) is 0 Å². The molecule has 3 aliphatic carbocycles. The normalized spacial score (nSPS) is 36.0. The number of hydrogen-bond donors (Lipinski definition) is 1. The molecule has 0 radical (unpaired) electrons. The minimum Gasteiger partial charge on any atom is -0.368 e. The third-order valence-electron chi connectivity index (χ3n) is 7.39. The fourth-order valence-corrected chi connectivity index (χ4v) is 5.99. The van der Waals surface area contributed by atoms with Crippen LogP contribution in [0.4, 0.5) is 0 Å². The van der Waals surface area contributed by atoms with Crippen LogP contribution in [0.15, 0.2) is 0 Å². The van der Waals surface area contributed by atoms with Gasteiger partial charge in [0.1, 0.15) is 5.54 Å². The first kappa shape index (κ1) is 16.4. The fraction of sp³-hybridized carbons (Fsp3) is 0.895. The Hall–Kier alpha value is -1.10. The first-order valence-corrected chi connectivity index (χ1v) is 9.94. The second-order valence-corrected chi connectivity index (χ2v) is 8.55. The summed E-state index contributed by atoms with van der Waals surface area (Å²) in [5.74, 6) is 1.98. The van der Waals surface area contributed by atoms with Crippen LogP contribution in [0.1, 0.15) is 57.8 Å². The van der Waals surface area contributed by atoms with Crippen molar-refractivity contribution in [3.05, 3.63) is 0 Å². The lowest BCUT2D eigenvalue weighted by molar-refractivity contribution is -0.143. The van der Waals surface area contributed by atoms with E-state index in [1.54, 1.807) is 0 Å². The summed E-state index contributed by atoms with van der Waals surface area (Å²) in [5.41, 5.74) is 5.36. The minimum absolute atomic E-state index is 0.157. The summed E-state index contributed by atoms with van der Waals surface area (Å²) >= 11 is 0. The Morgan fingerprint density at radius 2 is 1.62 bits per heavy atom. The van der Waals surface area contributed by atoms with Gasteiger partial charge in [0.25, 0.3) is 0 Å². The summed E-state index contributed by atoms with van der Waals surface area (Å²) < 4.78 is 0. The van der Waals surface area contributed by atoms with Gasteiger partial charge >= 0.3 is 0 Å². The third kappa shape index (κ3) is 2.65. The molecule has 4 aliphatic rings. The standard InChI is InChI=1S/C19H31N3O2/c20-18(24)19(6-2-1-3-7-19)22-10-8-21(9-11-22)17(23)16-13-14-4-5-15(16)12-14/h14-16H,1-13H2,(H2,20,24)/t14-,15-,16-/m0/s1. The second kappa shape index (κ2) is 6.32. The largest absolute Gasteiger partial charge is 0.368 e. The van der Waals surface area contributed by atoms with Gasteiger partial charge in [-0.1, -0.05) is 25.7 Å². The van der Waals surface area contributed by atoms with Crippen LogP contribution in [-0.4, -0.2) is 53.3 Å². The highest BCUT2D eigenvalue weighted by Crippen LogP contribution is 2.49. The maximum atomic E-state index is 12.9. The smallest absolute Gasteiger partial charge is 0.237 e. The molecule has 1 aliphatic heterocycles.